The van der Waals surface area contributed by atoms with Gasteiger partial charge in [0.05, 0.1) is 18.0 Å². The number of ether oxygens (including phenoxy) is 1. The molecule has 2 heterocycles. The second-order valence-corrected chi connectivity index (χ2v) is 4.23. The van der Waals surface area contributed by atoms with Crippen LogP contribution in [-0.4, -0.2) is 39.8 Å². The van der Waals surface area contributed by atoms with Crippen LogP contribution in [0.4, 0.5) is 0 Å². The molecule has 0 amide bonds. The van der Waals surface area contributed by atoms with Gasteiger partial charge < -0.3 is 9.84 Å². The standard InChI is InChI=1S/C10H11N3O3S/c1-16-5-4-13-9(7-3-2-6-17-7)8(10(14)15)11-12-13/h2-3,6H,4-5H2,1H3,(H,14,15). The van der Waals surface area contributed by atoms with E-state index in [1.54, 1.807) is 11.8 Å². The maximum absolute atomic E-state index is 11.1. The highest BCUT2D eigenvalue weighted by atomic mass is 32.1. The van der Waals surface area contributed by atoms with Gasteiger partial charge in [0.25, 0.3) is 0 Å². The third-order valence-corrected chi connectivity index (χ3v) is 3.08. The van der Waals surface area contributed by atoms with Gasteiger partial charge >= 0.3 is 5.97 Å². The smallest absolute Gasteiger partial charge is 0.358 e. The highest BCUT2D eigenvalue weighted by molar-refractivity contribution is 7.13. The average molecular weight is 253 g/mol. The topological polar surface area (TPSA) is 77.2 Å². The van der Waals surface area contributed by atoms with Gasteiger partial charge in [-0.1, -0.05) is 11.3 Å². The van der Waals surface area contributed by atoms with Crippen molar-refractivity contribution in [2.24, 2.45) is 0 Å². The van der Waals surface area contributed by atoms with Crippen molar-refractivity contribution in [2.75, 3.05) is 13.7 Å². The molecule has 0 radical (unpaired) electrons. The molecule has 0 bridgehead atoms. The Morgan fingerprint density at radius 3 is 3.06 bits per heavy atom. The number of aromatic nitrogens is 3. The number of carboxylic acids is 1. The maximum atomic E-state index is 11.1. The third-order valence-electron chi connectivity index (χ3n) is 2.20. The molecule has 0 aromatic carbocycles. The number of methoxy groups -OCH3 is 1. The van der Waals surface area contributed by atoms with E-state index in [0.717, 1.165) is 4.88 Å². The van der Waals surface area contributed by atoms with Crippen molar-refractivity contribution in [3.63, 3.8) is 0 Å². The lowest BCUT2D eigenvalue weighted by Crippen LogP contribution is -2.08. The van der Waals surface area contributed by atoms with E-state index < -0.39 is 5.97 Å². The van der Waals surface area contributed by atoms with E-state index in [-0.39, 0.29) is 5.69 Å². The quantitative estimate of drug-likeness (QED) is 0.870. The number of carbonyl (C=O) groups is 1. The molecular formula is C10H11N3O3S. The summed E-state index contributed by atoms with van der Waals surface area (Å²) in [5, 5.41) is 18.5. The number of hydrogen-bond donors (Lipinski definition) is 1. The molecule has 2 rings (SSSR count). The molecule has 0 aliphatic heterocycles. The molecule has 0 unspecified atom stereocenters. The second-order valence-electron chi connectivity index (χ2n) is 3.29. The molecule has 0 saturated heterocycles. The number of hydrogen-bond acceptors (Lipinski definition) is 5. The summed E-state index contributed by atoms with van der Waals surface area (Å²) in [5.41, 5.74) is 0.508. The summed E-state index contributed by atoms with van der Waals surface area (Å²) in [6, 6.07) is 3.71. The van der Waals surface area contributed by atoms with Gasteiger partial charge in [0, 0.05) is 7.11 Å². The zero-order valence-corrected chi connectivity index (χ0v) is 9.98. The minimum atomic E-state index is -1.07. The Balaban J connectivity index is 2.44. The number of carboxylic acid groups (broad SMARTS) is 1. The molecule has 17 heavy (non-hydrogen) atoms. The fourth-order valence-electron chi connectivity index (χ4n) is 1.45. The van der Waals surface area contributed by atoms with Gasteiger partial charge in [-0.05, 0) is 11.4 Å². The molecule has 2 aromatic rings. The van der Waals surface area contributed by atoms with E-state index in [9.17, 15) is 4.79 Å². The second kappa shape index (κ2) is 5.07. The Bertz CT molecular complexity index is 507. The van der Waals surface area contributed by atoms with Gasteiger partial charge in [-0.3, -0.25) is 0 Å². The number of thiophene rings is 1. The zero-order valence-electron chi connectivity index (χ0n) is 9.16. The highest BCUT2D eigenvalue weighted by Crippen LogP contribution is 2.26. The minimum absolute atomic E-state index is 0.0245. The number of aromatic carboxylic acids is 1. The summed E-state index contributed by atoms with van der Waals surface area (Å²) in [7, 11) is 1.58. The van der Waals surface area contributed by atoms with Crippen LogP contribution in [0.1, 0.15) is 10.5 Å². The summed E-state index contributed by atoms with van der Waals surface area (Å²) in [5.74, 6) is -1.07. The largest absolute Gasteiger partial charge is 0.476 e. The van der Waals surface area contributed by atoms with Crippen LogP contribution in [0, 0.1) is 0 Å². The molecule has 0 aliphatic rings. The Morgan fingerprint density at radius 2 is 2.47 bits per heavy atom. The van der Waals surface area contributed by atoms with E-state index in [1.165, 1.54) is 11.3 Å². The van der Waals surface area contributed by atoms with Crippen molar-refractivity contribution in [2.45, 2.75) is 6.54 Å². The van der Waals surface area contributed by atoms with Crippen LogP contribution >= 0.6 is 11.3 Å². The molecule has 0 aliphatic carbocycles. The first kappa shape index (κ1) is 11.7. The average Bonchev–Trinajstić information content (AvgIpc) is 2.94. The summed E-state index contributed by atoms with van der Waals surface area (Å²) in [4.78, 5) is 11.9. The van der Waals surface area contributed by atoms with E-state index in [2.05, 4.69) is 10.3 Å². The lowest BCUT2D eigenvalue weighted by Gasteiger charge is -2.04. The van der Waals surface area contributed by atoms with E-state index in [1.807, 2.05) is 17.5 Å². The lowest BCUT2D eigenvalue weighted by atomic mass is 10.2. The molecule has 0 fully saturated rings. The van der Waals surface area contributed by atoms with Crippen LogP contribution in [0.15, 0.2) is 17.5 Å². The zero-order chi connectivity index (χ0) is 12.3. The molecular weight excluding hydrogens is 242 g/mol. The van der Waals surface area contributed by atoms with Gasteiger partial charge in [0.2, 0.25) is 0 Å². The SMILES string of the molecule is COCCn1nnc(C(=O)O)c1-c1cccs1. The Hall–Kier alpha value is -1.73. The number of nitrogens with zero attached hydrogens (tertiary/aromatic N) is 3. The van der Waals surface area contributed by atoms with E-state index in [0.29, 0.717) is 18.8 Å². The van der Waals surface area contributed by atoms with Crippen molar-refractivity contribution in [1.82, 2.24) is 15.0 Å². The van der Waals surface area contributed by atoms with Crippen LogP contribution in [0.3, 0.4) is 0 Å². The summed E-state index contributed by atoms with van der Waals surface area (Å²) in [6.45, 7) is 0.935. The van der Waals surface area contributed by atoms with Crippen molar-refractivity contribution >= 4 is 17.3 Å². The molecule has 0 spiro atoms. The third kappa shape index (κ3) is 2.34. The van der Waals surface area contributed by atoms with Crippen LogP contribution < -0.4 is 0 Å². The van der Waals surface area contributed by atoms with E-state index in [4.69, 9.17) is 9.84 Å². The van der Waals surface area contributed by atoms with Gasteiger partial charge in [-0.2, -0.15) is 0 Å². The van der Waals surface area contributed by atoms with Crippen molar-refractivity contribution in [3.8, 4) is 10.6 Å². The van der Waals surface area contributed by atoms with Gasteiger partial charge in [0.15, 0.2) is 5.69 Å². The van der Waals surface area contributed by atoms with Gasteiger partial charge in [0.1, 0.15) is 5.69 Å². The maximum Gasteiger partial charge on any atom is 0.358 e. The molecule has 0 saturated carbocycles. The predicted octanol–water partition coefficient (Wildman–Crippen LogP) is 1.35. The Kier molecular flexibility index (Phi) is 3.50. The van der Waals surface area contributed by atoms with Crippen molar-refractivity contribution in [1.29, 1.82) is 0 Å². The van der Waals surface area contributed by atoms with Crippen LogP contribution in [-0.2, 0) is 11.3 Å². The first-order valence-corrected chi connectivity index (χ1v) is 5.81. The fourth-order valence-corrected chi connectivity index (χ4v) is 2.22. The first-order chi connectivity index (χ1) is 8.24. The predicted molar refractivity (Wildman–Crippen MR) is 62.2 cm³/mol. The van der Waals surface area contributed by atoms with Crippen LogP contribution in [0.2, 0.25) is 0 Å². The first-order valence-electron chi connectivity index (χ1n) is 4.93. The molecule has 90 valence electrons. The summed E-state index contributed by atoms with van der Waals surface area (Å²) in [6.07, 6.45) is 0. The molecule has 6 nitrogen and oxygen atoms in total. The Labute approximate surface area is 101 Å². The summed E-state index contributed by atoms with van der Waals surface area (Å²) >= 11 is 1.45. The van der Waals surface area contributed by atoms with Crippen LogP contribution in [0.25, 0.3) is 10.6 Å². The molecule has 1 N–H and O–H groups in total. The molecule has 7 heteroatoms. The van der Waals surface area contributed by atoms with Gasteiger partial charge in [-0.25, -0.2) is 9.48 Å². The highest BCUT2D eigenvalue weighted by Gasteiger charge is 2.20. The molecule has 2 aromatic heterocycles. The van der Waals surface area contributed by atoms with Crippen molar-refractivity contribution < 1.29 is 14.6 Å². The minimum Gasteiger partial charge on any atom is -0.476 e. The Morgan fingerprint density at radius 1 is 1.65 bits per heavy atom. The van der Waals surface area contributed by atoms with E-state index >= 15 is 0 Å². The lowest BCUT2D eigenvalue weighted by molar-refractivity contribution is 0.0691. The fraction of sp³-hybridized carbons (Fsp3) is 0.300. The summed E-state index contributed by atoms with van der Waals surface area (Å²) < 4.78 is 6.51. The molecule has 0 atom stereocenters. The monoisotopic (exact) mass is 253 g/mol. The number of rotatable bonds is 5. The van der Waals surface area contributed by atoms with Gasteiger partial charge in [-0.15, -0.1) is 16.4 Å². The normalized spacial score (nSPS) is 10.6. The van der Waals surface area contributed by atoms with Crippen molar-refractivity contribution in [3.05, 3.63) is 23.2 Å². The van der Waals surface area contributed by atoms with Crippen LogP contribution in [0.5, 0.6) is 0 Å².